The molecule has 1 aromatic carbocycles. The van der Waals surface area contributed by atoms with Gasteiger partial charge in [-0.05, 0) is 23.8 Å². The summed E-state index contributed by atoms with van der Waals surface area (Å²) in [6.07, 6.45) is 1.57. The third kappa shape index (κ3) is 2.19. The van der Waals surface area contributed by atoms with Gasteiger partial charge >= 0.3 is 0 Å². The lowest BCUT2D eigenvalue weighted by atomic mass is 10.2. The van der Waals surface area contributed by atoms with Crippen molar-refractivity contribution in [2.75, 3.05) is 0 Å². The molecule has 1 saturated heterocycles. The van der Waals surface area contributed by atoms with Gasteiger partial charge in [-0.15, -0.1) is 0 Å². The molecule has 0 aliphatic carbocycles. The Balaban J connectivity index is 2.27. The summed E-state index contributed by atoms with van der Waals surface area (Å²) in [6.45, 7) is 0. The van der Waals surface area contributed by atoms with Gasteiger partial charge in [0, 0.05) is 11.8 Å². The SMILES string of the molecule is O=C1NC(=Cc2ccc(O)cc2)C(=O)S1. The molecule has 1 amide bonds. The Labute approximate surface area is 90.0 Å². The van der Waals surface area contributed by atoms with Crippen LogP contribution < -0.4 is 5.32 Å². The van der Waals surface area contributed by atoms with Crippen LogP contribution in [0.15, 0.2) is 30.0 Å². The summed E-state index contributed by atoms with van der Waals surface area (Å²) in [5.74, 6) is 0.160. The predicted molar refractivity (Wildman–Crippen MR) is 57.2 cm³/mol. The average Bonchev–Trinajstić information content (AvgIpc) is 2.49. The monoisotopic (exact) mass is 221 g/mol. The Bertz CT molecular complexity index is 450. The Morgan fingerprint density at radius 1 is 1.20 bits per heavy atom. The van der Waals surface area contributed by atoms with Gasteiger partial charge in [0.25, 0.3) is 5.24 Å². The fourth-order valence-corrected chi connectivity index (χ4v) is 1.71. The van der Waals surface area contributed by atoms with Crippen LogP contribution in [-0.2, 0) is 4.79 Å². The van der Waals surface area contributed by atoms with Crippen molar-refractivity contribution in [3.05, 3.63) is 35.5 Å². The largest absolute Gasteiger partial charge is 0.508 e. The van der Waals surface area contributed by atoms with Gasteiger partial charge in [0.05, 0.1) is 5.70 Å². The number of amides is 1. The molecule has 5 heteroatoms. The molecule has 1 aliphatic rings. The van der Waals surface area contributed by atoms with Crippen molar-refractivity contribution in [2.45, 2.75) is 0 Å². The Morgan fingerprint density at radius 3 is 2.40 bits per heavy atom. The first-order valence-corrected chi connectivity index (χ1v) is 5.01. The Morgan fingerprint density at radius 2 is 1.87 bits per heavy atom. The van der Waals surface area contributed by atoms with Gasteiger partial charge < -0.3 is 10.4 Å². The van der Waals surface area contributed by atoms with E-state index in [0.717, 1.165) is 5.56 Å². The van der Waals surface area contributed by atoms with E-state index in [1.807, 2.05) is 0 Å². The molecule has 1 fully saturated rings. The van der Waals surface area contributed by atoms with Crippen molar-refractivity contribution in [1.29, 1.82) is 0 Å². The first kappa shape index (κ1) is 9.79. The highest BCUT2D eigenvalue weighted by Gasteiger charge is 2.24. The summed E-state index contributed by atoms with van der Waals surface area (Å²) in [4.78, 5) is 22.1. The van der Waals surface area contributed by atoms with Crippen molar-refractivity contribution in [1.82, 2.24) is 5.32 Å². The zero-order valence-corrected chi connectivity index (χ0v) is 8.38. The zero-order chi connectivity index (χ0) is 10.8. The highest BCUT2D eigenvalue weighted by Crippen LogP contribution is 2.21. The molecular formula is C10H7NO3S. The van der Waals surface area contributed by atoms with Crippen molar-refractivity contribution < 1.29 is 14.7 Å². The fraction of sp³-hybridized carbons (Fsp3) is 0. The van der Waals surface area contributed by atoms with E-state index in [-0.39, 0.29) is 21.8 Å². The van der Waals surface area contributed by atoms with Crippen molar-refractivity contribution >= 4 is 28.2 Å². The number of carbonyl (C=O) groups excluding carboxylic acids is 2. The van der Waals surface area contributed by atoms with Gasteiger partial charge in [-0.2, -0.15) is 0 Å². The summed E-state index contributed by atoms with van der Waals surface area (Å²) >= 11 is 0.644. The van der Waals surface area contributed by atoms with Gasteiger partial charge in [-0.1, -0.05) is 12.1 Å². The summed E-state index contributed by atoms with van der Waals surface area (Å²) in [7, 11) is 0. The maximum Gasteiger partial charge on any atom is 0.291 e. The summed E-state index contributed by atoms with van der Waals surface area (Å²) in [5.41, 5.74) is 1.02. The molecule has 76 valence electrons. The number of rotatable bonds is 1. The number of thioether (sulfide) groups is 1. The molecule has 15 heavy (non-hydrogen) atoms. The van der Waals surface area contributed by atoms with Gasteiger partial charge in [-0.3, -0.25) is 9.59 Å². The Kier molecular flexibility index (Phi) is 2.47. The van der Waals surface area contributed by atoms with Crippen LogP contribution in [0.4, 0.5) is 4.79 Å². The molecule has 1 aliphatic heterocycles. The van der Waals surface area contributed by atoms with Gasteiger partial charge in [0.15, 0.2) is 0 Å². The minimum Gasteiger partial charge on any atom is -0.508 e. The normalized spacial score (nSPS) is 18.3. The molecule has 0 unspecified atom stereocenters. The quantitative estimate of drug-likeness (QED) is 0.708. The van der Waals surface area contributed by atoms with Gasteiger partial charge in [0.1, 0.15) is 5.75 Å². The molecule has 2 N–H and O–H groups in total. The summed E-state index contributed by atoms with van der Waals surface area (Å²) in [6, 6.07) is 6.34. The topological polar surface area (TPSA) is 66.4 Å². The van der Waals surface area contributed by atoms with Crippen LogP contribution in [0.5, 0.6) is 5.75 Å². The lowest BCUT2D eigenvalue weighted by Crippen LogP contribution is -2.10. The fourth-order valence-electron chi connectivity index (χ4n) is 1.16. The van der Waals surface area contributed by atoms with Crippen LogP contribution in [0.1, 0.15) is 5.56 Å². The number of aromatic hydroxyl groups is 1. The lowest BCUT2D eigenvalue weighted by molar-refractivity contribution is -0.107. The van der Waals surface area contributed by atoms with Crippen LogP contribution in [0.25, 0.3) is 6.08 Å². The van der Waals surface area contributed by atoms with Crippen molar-refractivity contribution in [3.8, 4) is 5.75 Å². The lowest BCUT2D eigenvalue weighted by Gasteiger charge is -1.96. The second-order valence-electron chi connectivity index (χ2n) is 2.95. The number of hydrogen-bond acceptors (Lipinski definition) is 4. The van der Waals surface area contributed by atoms with Crippen LogP contribution in [0.2, 0.25) is 0 Å². The standard InChI is InChI=1S/C10H7NO3S/c12-7-3-1-6(2-4-7)5-8-9(13)15-10(14)11-8/h1-5,12H,(H,11,14). The highest BCUT2D eigenvalue weighted by atomic mass is 32.2. The van der Waals surface area contributed by atoms with Gasteiger partial charge in [-0.25, -0.2) is 0 Å². The summed E-state index contributed by atoms with van der Waals surface area (Å²) < 4.78 is 0. The van der Waals surface area contributed by atoms with Crippen molar-refractivity contribution in [2.24, 2.45) is 0 Å². The zero-order valence-electron chi connectivity index (χ0n) is 7.56. The molecule has 1 heterocycles. The predicted octanol–water partition coefficient (Wildman–Crippen LogP) is 1.72. The van der Waals surface area contributed by atoms with Crippen LogP contribution in [0.3, 0.4) is 0 Å². The van der Waals surface area contributed by atoms with Crippen LogP contribution in [-0.4, -0.2) is 15.5 Å². The molecule has 0 atom stereocenters. The molecule has 0 saturated carbocycles. The highest BCUT2D eigenvalue weighted by molar-refractivity contribution is 8.27. The molecule has 4 nitrogen and oxygen atoms in total. The minimum atomic E-state index is -0.356. The molecular weight excluding hydrogens is 214 g/mol. The molecule has 1 aromatic rings. The van der Waals surface area contributed by atoms with E-state index in [1.54, 1.807) is 18.2 Å². The maximum atomic E-state index is 11.2. The summed E-state index contributed by atoms with van der Waals surface area (Å²) in [5, 5.41) is 10.8. The van der Waals surface area contributed by atoms with E-state index in [0.29, 0.717) is 11.8 Å². The maximum absolute atomic E-state index is 11.2. The van der Waals surface area contributed by atoms with Crippen LogP contribution in [0, 0.1) is 0 Å². The van der Waals surface area contributed by atoms with E-state index in [2.05, 4.69) is 5.32 Å². The number of hydrogen-bond donors (Lipinski definition) is 2. The molecule has 0 radical (unpaired) electrons. The van der Waals surface area contributed by atoms with Crippen molar-refractivity contribution in [3.63, 3.8) is 0 Å². The number of benzene rings is 1. The number of nitrogens with one attached hydrogen (secondary N) is 1. The van der Waals surface area contributed by atoms with Crippen LogP contribution >= 0.6 is 11.8 Å². The smallest absolute Gasteiger partial charge is 0.291 e. The molecule has 0 bridgehead atoms. The van der Waals surface area contributed by atoms with E-state index in [9.17, 15) is 9.59 Å². The second kappa shape index (κ2) is 3.78. The minimum absolute atomic E-state index is 0.160. The first-order chi connectivity index (χ1) is 7.15. The number of phenols is 1. The molecule has 2 rings (SSSR count). The third-order valence-electron chi connectivity index (χ3n) is 1.85. The third-order valence-corrected chi connectivity index (χ3v) is 2.54. The number of phenolic OH excluding ortho intramolecular Hbond substituents is 1. The number of carbonyl (C=O) groups is 2. The van der Waals surface area contributed by atoms with E-state index < -0.39 is 0 Å². The van der Waals surface area contributed by atoms with Gasteiger partial charge in [0.2, 0.25) is 5.12 Å². The molecule has 0 spiro atoms. The van der Waals surface area contributed by atoms with E-state index in [4.69, 9.17) is 5.11 Å². The van der Waals surface area contributed by atoms with E-state index in [1.165, 1.54) is 12.1 Å². The average molecular weight is 221 g/mol. The molecule has 0 aromatic heterocycles. The van der Waals surface area contributed by atoms with E-state index >= 15 is 0 Å². The second-order valence-corrected chi connectivity index (χ2v) is 3.90. The Hall–Kier alpha value is -1.75. The first-order valence-electron chi connectivity index (χ1n) is 4.19.